The molecule has 0 bridgehead atoms. The fourth-order valence-electron chi connectivity index (χ4n) is 3.68. The van der Waals surface area contributed by atoms with E-state index in [1.807, 2.05) is 16.8 Å². The smallest absolute Gasteiger partial charge is 0.326 e. The number of aliphatic hydroxyl groups excluding tert-OH is 1. The Bertz CT molecular complexity index is 844. The number of imidazole rings is 1. The molecule has 2 atom stereocenters. The number of aliphatic hydroxyl groups is 1. The van der Waals surface area contributed by atoms with Crippen molar-refractivity contribution in [3.8, 4) is 0 Å². The van der Waals surface area contributed by atoms with Crippen molar-refractivity contribution >= 4 is 22.1 Å². The predicted molar refractivity (Wildman–Crippen MR) is 80.3 cm³/mol. The third kappa shape index (κ3) is 1.82. The second kappa shape index (κ2) is 4.73. The van der Waals surface area contributed by atoms with Gasteiger partial charge in [-0.1, -0.05) is 12.8 Å². The molecule has 1 aliphatic rings. The molecule has 3 N–H and O–H groups in total. The molecule has 4 rings (SSSR count). The Kier molecular flexibility index (Phi) is 2.85. The average Bonchev–Trinajstić information content (AvgIpc) is 3.09. The highest BCUT2D eigenvalue weighted by Gasteiger charge is 2.29. The number of aromatic nitrogens is 4. The van der Waals surface area contributed by atoms with Gasteiger partial charge in [0.1, 0.15) is 5.65 Å². The van der Waals surface area contributed by atoms with Gasteiger partial charge < -0.3 is 15.1 Å². The van der Waals surface area contributed by atoms with Crippen molar-refractivity contribution in [3.63, 3.8) is 0 Å². The van der Waals surface area contributed by atoms with E-state index in [4.69, 9.17) is 0 Å². The number of hydrogen-bond acceptors (Lipinski definition) is 3. The minimum absolute atomic E-state index is 0.0606. The van der Waals surface area contributed by atoms with Crippen LogP contribution in [0.25, 0.3) is 22.1 Å². The number of aromatic amines is 2. The first-order valence-electron chi connectivity index (χ1n) is 7.47. The summed E-state index contributed by atoms with van der Waals surface area (Å²) >= 11 is 0. The average molecular weight is 286 g/mol. The molecular formula is C15H18N4O2. The van der Waals surface area contributed by atoms with Gasteiger partial charge in [-0.15, -0.1) is 0 Å². The van der Waals surface area contributed by atoms with E-state index >= 15 is 0 Å². The monoisotopic (exact) mass is 286 g/mol. The highest BCUT2D eigenvalue weighted by Crippen LogP contribution is 2.35. The summed E-state index contributed by atoms with van der Waals surface area (Å²) in [6.07, 6.45) is 7.67. The number of H-pyrrole nitrogens is 2. The van der Waals surface area contributed by atoms with Gasteiger partial charge in [0, 0.05) is 30.1 Å². The highest BCUT2D eigenvalue weighted by molar-refractivity contribution is 6.00. The van der Waals surface area contributed by atoms with Crippen LogP contribution in [0.15, 0.2) is 23.3 Å². The van der Waals surface area contributed by atoms with Crippen LogP contribution in [0.4, 0.5) is 0 Å². The minimum Gasteiger partial charge on any atom is -0.396 e. The molecule has 0 amide bonds. The van der Waals surface area contributed by atoms with Crippen LogP contribution in [0.5, 0.6) is 0 Å². The number of pyridine rings is 1. The van der Waals surface area contributed by atoms with Crippen molar-refractivity contribution in [1.29, 1.82) is 0 Å². The molecule has 1 aliphatic carbocycles. The first kappa shape index (κ1) is 12.6. The van der Waals surface area contributed by atoms with Crippen molar-refractivity contribution in [2.75, 3.05) is 6.61 Å². The lowest BCUT2D eigenvalue weighted by molar-refractivity contribution is 0.139. The lowest BCUT2D eigenvalue weighted by atomic mass is 9.85. The third-order valence-corrected chi connectivity index (χ3v) is 4.69. The van der Waals surface area contributed by atoms with E-state index in [-0.39, 0.29) is 24.3 Å². The molecule has 0 saturated heterocycles. The number of nitrogens with zero attached hydrogens (tertiary/aromatic N) is 2. The summed E-state index contributed by atoms with van der Waals surface area (Å²) in [7, 11) is 0. The zero-order chi connectivity index (χ0) is 14.4. The van der Waals surface area contributed by atoms with E-state index in [1.165, 1.54) is 0 Å². The van der Waals surface area contributed by atoms with Crippen LogP contribution in [0.2, 0.25) is 0 Å². The van der Waals surface area contributed by atoms with Crippen molar-refractivity contribution in [2.45, 2.75) is 31.7 Å². The molecule has 3 aromatic rings. The van der Waals surface area contributed by atoms with Crippen molar-refractivity contribution in [2.24, 2.45) is 5.92 Å². The molecule has 1 fully saturated rings. The Morgan fingerprint density at radius 3 is 3.10 bits per heavy atom. The maximum absolute atomic E-state index is 12.5. The molecule has 3 aromatic heterocycles. The fourth-order valence-corrected chi connectivity index (χ4v) is 3.68. The van der Waals surface area contributed by atoms with Gasteiger partial charge in [0.15, 0.2) is 0 Å². The lowest BCUT2D eigenvalue weighted by Gasteiger charge is -2.31. The maximum Gasteiger partial charge on any atom is 0.326 e. The van der Waals surface area contributed by atoms with E-state index in [9.17, 15) is 9.90 Å². The van der Waals surface area contributed by atoms with Crippen LogP contribution in [-0.2, 0) is 0 Å². The van der Waals surface area contributed by atoms with Crippen molar-refractivity contribution in [3.05, 3.63) is 28.9 Å². The number of fused-ring (bicyclic) bond motifs is 3. The molecule has 0 aliphatic heterocycles. The largest absolute Gasteiger partial charge is 0.396 e. The van der Waals surface area contributed by atoms with E-state index in [0.29, 0.717) is 0 Å². The molecular weight excluding hydrogens is 268 g/mol. The van der Waals surface area contributed by atoms with Gasteiger partial charge in [-0.2, -0.15) is 0 Å². The number of hydrogen-bond donors (Lipinski definition) is 3. The molecule has 0 spiro atoms. The highest BCUT2D eigenvalue weighted by atomic mass is 16.3. The predicted octanol–water partition coefficient (Wildman–Crippen LogP) is 1.93. The van der Waals surface area contributed by atoms with Gasteiger partial charge in [-0.3, -0.25) is 4.57 Å². The summed E-state index contributed by atoms with van der Waals surface area (Å²) in [6.45, 7) is 0.130. The van der Waals surface area contributed by atoms with E-state index < -0.39 is 0 Å². The summed E-state index contributed by atoms with van der Waals surface area (Å²) < 4.78 is 1.84. The minimum atomic E-state index is -0.106. The zero-order valence-corrected chi connectivity index (χ0v) is 11.7. The first-order chi connectivity index (χ1) is 10.3. The van der Waals surface area contributed by atoms with Crippen LogP contribution in [-0.4, -0.2) is 31.2 Å². The summed E-state index contributed by atoms with van der Waals surface area (Å²) in [5.41, 5.74) is 2.34. The summed E-state index contributed by atoms with van der Waals surface area (Å²) in [5, 5.41) is 10.6. The second-order valence-electron chi connectivity index (χ2n) is 5.86. The van der Waals surface area contributed by atoms with Gasteiger partial charge in [-0.05, 0) is 18.9 Å². The molecule has 0 unspecified atom stereocenters. The summed E-state index contributed by atoms with van der Waals surface area (Å²) in [4.78, 5) is 22.8. The zero-order valence-electron chi connectivity index (χ0n) is 11.7. The molecule has 21 heavy (non-hydrogen) atoms. The van der Waals surface area contributed by atoms with Crippen LogP contribution in [0, 0.1) is 5.92 Å². The Morgan fingerprint density at radius 1 is 1.38 bits per heavy atom. The Hall–Kier alpha value is -2.08. The van der Waals surface area contributed by atoms with E-state index in [2.05, 4.69) is 15.0 Å². The van der Waals surface area contributed by atoms with E-state index in [0.717, 1.165) is 47.8 Å². The standard InChI is InChI=1S/C15H18N4O2/c20-8-9-3-1-2-4-12(9)19-13-10-5-6-16-14(10)17-7-11(13)18-15(19)21/h5-7,9,12,20H,1-4,8H2,(H,16,17)(H,18,21)/t9-,12-/m0/s1. The molecule has 3 heterocycles. The second-order valence-corrected chi connectivity index (χ2v) is 5.86. The normalized spacial score (nSPS) is 23.1. The van der Waals surface area contributed by atoms with Crippen LogP contribution in [0.1, 0.15) is 31.7 Å². The fraction of sp³-hybridized carbons (Fsp3) is 0.467. The Balaban J connectivity index is 2.00. The van der Waals surface area contributed by atoms with Gasteiger partial charge in [0.2, 0.25) is 0 Å². The molecule has 6 heteroatoms. The Labute approximate surface area is 120 Å². The van der Waals surface area contributed by atoms with Crippen LogP contribution in [0.3, 0.4) is 0 Å². The van der Waals surface area contributed by atoms with Gasteiger partial charge in [0.05, 0.1) is 17.2 Å². The van der Waals surface area contributed by atoms with E-state index in [1.54, 1.807) is 6.20 Å². The molecule has 6 nitrogen and oxygen atoms in total. The molecule has 1 saturated carbocycles. The van der Waals surface area contributed by atoms with Crippen molar-refractivity contribution in [1.82, 2.24) is 19.5 Å². The maximum atomic E-state index is 12.5. The summed E-state index contributed by atoms with van der Waals surface area (Å²) in [6, 6.07) is 2.01. The molecule has 0 aromatic carbocycles. The van der Waals surface area contributed by atoms with Crippen molar-refractivity contribution < 1.29 is 5.11 Å². The van der Waals surface area contributed by atoms with Gasteiger partial charge in [-0.25, -0.2) is 9.78 Å². The first-order valence-corrected chi connectivity index (χ1v) is 7.47. The molecule has 110 valence electrons. The topological polar surface area (TPSA) is 86.7 Å². The number of rotatable bonds is 2. The number of nitrogens with one attached hydrogen (secondary N) is 2. The van der Waals surface area contributed by atoms with Gasteiger partial charge in [0.25, 0.3) is 0 Å². The summed E-state index contributed by atoms with van der Waals surface area (Å²) in [5.74, 6) is 0.151. The lowest BCUT2D eigenvalue weighted by Crippen LogP contribution is -2.32. The van der Waals surface area contributed by atoms with Crippen LogP contribution >= 0.6 is 0 Å². The quantitative estimate of drug-likeness (QED) is 0.672. The Morgan fingerprint density at radius 2 is 2.24 bits per heavy atom. The molecule has 0 radical (unpaired) electrons. The SMILES string of the molecule is O=c1[nH]c2cnc3[nH]ccc3c2n1[C@H]1CCCC[C@H]1CO. The van der Waals surface area contributed by atoms with Gasteiger partial charge >= 0.3 is 5.69 Å². The third-order valence-electron chi connectivity index (χ3n) is 4.69. The van der Waals surface area contributed by atoms with Crippen LogP contribution < -0.4 is 5.69 Å².